The molecule has 0 bridgehead atoms. The molecule has 100 valence electrons. The van der Waals surface area contributed by atoms with Crippen molar-refractivity contribution < 1.29 is 18.3 Å². The van der Waals surface area contributed by atoms with Crippen LogP contribution in [0.25, 0.3) is 0 Å². The number of phenols is 1. The summed E-state index contributed by atoms with van der Waals surface area (Å²) in [5, 5.41) is 9.63. The summed E-state index contributed by atoms with van der Waals surface area (Å²) in [6.07, 6.45) is 0. The van der Waals surface area contributed by atoms with Gasteiger partial charge in [0.25, 0.3) is 0 Å². The van der Waals surface area contributed by atoms with Crippen molar-refractivity contribution in [1.29, 1.82) is 0 Å². The zero-order valence-electron chi connectivity index (χ0n) is 10.1. The van der Waals surface area contributed by atoms with Gasteiger partial charge < -0.3 is 9.84 Å². The molecule has 2 N–H and O–H groups in total. The van der Waals surface area contributed by atoms with Crippen molar-refractivity contribution >= 4 is 15.9 Å². The molecule has 0 unspecified atom stereocenters. The van der Waals surface area contributed by atoms with E-state index >= 15 is 0 Å². The van der Waals surface area contributed by atoms with Crippen LogP contribution in [0.15, 0.2) is 18.2 Å². The van der Waals surface area contributed by atoms with Gasteiger partial charge in [0.15, 0.2) is 0 Å². The molecule has 1 fully saturated rings. The highest BCUT2D eigenvalue weighted by atomic mass is 32.2. The maximum atomic E-state index is 12.1. The maximum absolute atomic E-state index is 12.1. The van der Waals surface area contributed by atoms with Crippen LogP contribution in [0.4, 0.5) is 5.69 Å². The molecule has 1 aromatic rings. The van der Waals surface area contributed by atoms with Crippen molar-refractivity contribution in [2.75, 3.05) is 31.0 Å². The Bertz CT molecular complexity index is 524. The van der Waals surface area contributed by atoms with Crippen molar-refractivity contribution in [1.82, 2.24) is 4.31 Å². The lowest BCUT2D eigenvalue weighted by atomic mass is 10.2. The fourth-order valence-electron chi connectivity index (χ4n) is 1.72. The zero-order valence-corrected chi connectivity index (χ0v) is 10.9. The van der Waals surface area contributed by atoms with Gasteiger partial charge in [0.2, 0.25) is 0 Å². The van der Waals surface area contributed by atoms with Gasteiger partial charge in [-0.2, -0.15) is 12.7 Å². The Labute approximate surface area is 106 Å². The summed E-state index contributed by atoms with van der Waals surface area (Å²) in [7, 11) is -3.63. The second kappa shape index (κ2) is 5.13. The van der Waals surface area contributed by atoms with Gasteiger partial charge in [-0.25, -0.2) is 0 Å². The minimum absolute atomic E-state index is 0.0857. The van der Waals surface area contributed by atoms with Gasteiger partial charge >= 0.3 is 10.2 Å². The molecule has 1 aromatic carbocycles. The number of ether oxygens (including phenoxy) is 1. The first-order valence-corrected chi connectivity index (χ1v) is 7.08. The van der Waals surface area contributed by atoms with Crippen LogP contribution in [0, 0.1) is 6.92 Å². The lowest BCUT2D eigenvalue weighted by Gasteiger charge is -2.26. The average Bonchev–Trinajstić information content (AvgIpc) is 2.35. The van der Waals surface area contributed by atoms with Crippen LogP contribution < -0.4 is 4.72 Å². The minimum Gasteiger partial charge on any atom is -0.506 e. The van der Waals surface area contributed by atoms with E-state index in [4.69, 9.17) is 4.74 Å². The van der Waals surface area contributed by atoms with Gasteiger partial charge in [0.05, 0.1) is 18.9 Å². The van der Waals surface area contributed by atoms with E-state index in [1.165, 1.54) is 10.4 Å². The number of benzene rings is 1. The standard InChI is InChI=1S/C11H16N2O4S/c1-9-2-3-11(14)10(8-9)12-18(15,16)13-4-6-17-7-5-13/h2-3,8,12,14H,4-7H2,1H3. The smallest absolute Gasteiger partial charge is 0.301 e. The molecule has 1 heterocycles. The Morgan fingerprint density at radius 2 is 2.00 bits per heavy atom. The molecule has 7 heteroatoms. The third-order valence-electron chi connectivity index (χ3n) is 2.70. The highest BCUT2D eigenvalue weighted by molar-refractivity contribution is 7.90. The van der Waals surface area contributed by atoms with Gasteiger partial charge in [0.1, 0.15) is 5.75 Å². The van der Waals surface area contributed by atoms with E-state index in [9.17, 15) is 13.5 Å². The van der Waals surface area contributed by atoms with Gasteiger partial charge in [-0.1, -0.05) is 6.07 Å². The van der Waals surface area contributed by atoms with E-state index in [2.05, 4.69) is 4.72 Å². The van der Waals surface area contributed by atoms with Gasteiger partial charge in [-0.05, 0) is 24.6 Å². The van der Waals surface area contributed by atoms with Crippen molar-refractivity contribution in [3.05, 3.63) is 23.8 Å². The second-order valence-electron chi connectivity index (χ2n) is 4.14. The fourth-order valence-corrected chi connectivity index (χ4v) is 2.92. The molecular formula is C11H16N2O4S. The van der Waals surface area contributed by atoms with Crippen LogP contribution in [0.5, 0.6) is 5.75 Å². The summed E-state index contributed by atoms with van der Waals surface area (Å²) in [4.78, 5) is 0. The van der Waals surface area contributed by atoms with Crippen molar-refractivity contribution in [3.8, 4) is 5.75 Å². The number of hydrogen-bond acceptors (Lipinski definition) is 4. The molecule has 0 radical (unpaired) electrons. The first kappa shape index (κ1) is 13.1. The molecule has 18 heavy (non-hydrogen) atoms. The molecule has 0 amide bonds. The first-order chi connectivity index (χ1) is 8.49. The molecule has 0 atom stereocenters. The number of nitrogens with one attached hydrogen (secondary N) is 1. The predicted molar refractivity (Wildman–Crippen MR) is 67.8 cm³/mol. The summed E-state index contributed by atoms with van der Waals surface area (Å²) >= 11 is 0. The Balaban J connectivity index is 2.18. The maximum Gasteiger partial charge on any atom is 0.301 e. The van der Waals surface area contributed by atoms with Crippen LogP contribution >= 0.6 is 0 Å². The number of hydrogen-bond donors (Lipinski definition) is 2. The Morgan fingerprint density at radius 1 is 1.33 bits per heavy atom. The summed E-state index contributed by atoms with van der Waals surface area (Å²) in [5.41, 5.74) is 1.06. The lowest BCUT2D eigenvalue weighted by molar-refractivity contribution is 0.0733. The zero-order chi connectivity index (χ0) is 13.2. The topological polar surface area (TPSA) is 78.9 Å². The van der Waals surface area contributed by atoms with Crippen LogP contribution in [-0.4, -0.2) is 44.1 Å². The average molecular weight is 272 g/mol. The number of rotatable bonds is 3. The fraction of sp³-hybridized carbons (Fsp3) is 0.455. The first-order valence-electron chi connectivity index (χ1n) is 5.64. The molecule has 1 saturated heterocycles. The van der Waals surface area contributed by atoms with Crippen LogP contribution in [0.1, 0.15) is 5.56 Å². The largest absolute Gasteiger partial charge is 0.506 e. The van der Waals surface area contributed by atoms with E-state index < -0.39 is 10.2 Å². The Hall–Kier alpha value is -1.31. The molecule has 0 spiro atoms. The molecule has 2 rings (SSSR count). The summed E-state index contributed by atoms with van der Waals surface area (Å²) in [5.74, 6) is -0.0857. The van der Waals surface area contributed by atoms with Crippen molar-refractivity contribution in [2.24, 2.45) is 0 Å². The number of morpholine rings is 1. The van der Waals surface area contributed by atoms with E-state index in [0.29, 0.717) is 26.3 Å². The normalized spacial score (nSPS) is 17.6. The lowest BCUT2D eigenvalue weighted by Crippen LogP contribution is -2.43. The van der Waals surface area contributed by atoms with Crippen LogP contribution in [0.2, 0.25) is 0 Å². The van der Waals surface area contributed by atoms with E-state index in [-0.39, 0.29) is 11.4 Å². The predicted octanol–water partition coefficient (Wildman–Crippen LogP) is 0.690. The molecule has 1 aliphatic heterocycles. The van der Waals surface area contributed by atoms with E-state index in [1.54, 1.807) is 12.1 Å². The van der Waals surface area contributed by atoms with Crippen LogP contribution in [-0.2, 0) is 14.9 Å². The molecule has 6 nitrogen and oxygen atoms in total. The third kappa shape index (κ3) is 2.92. The number of anilines is 1. The van der Waals surface area contributed by atoms with Crippen LogP contribution in [0.3, 0.4) is 0 Å². The van der Waals surface area contributed by atoms with Crippen molar-refractivity contribution in [3.63, 3.8) is 0 Å². The highest BCUT2D eigenvalue weighted by Crippen LogP contribution is 2.25. The second-order valence-corrected chi connectivity index (χ2v) is 5.81. The van der Waals surface area contributed by atoms with E-state index in [0.717, 1.165) is 5.56 Å². The van der Waals surface area contributed by atoms with E-state index in [1.807, 2.05) is 6.92 Å². The molecule has 0 aliphatic carbocycles. The quantitative estimate of drug-likeness (QED) is 0.793. The number of phenolic OH excluding ortho intramolecular Hbond substituents is 1. The number of aromatic hydroxyl groups is 1. The summed E-state index contributed by atoms with van der Waals surface area (Å²) < 4.78 is 32.9. The molecular weight excluding hydrogens is 256 g/mol. The number of nitrogens with zero attached hydrogens (tertiary/aromatic N) is 1. The molecule has 0 saturated carbocycles. The number of aryl methyl sites for hydroxylation is 1. The molecule has 0 aromatic heterocycles. The third-order valence-corrected chi connectivity index (χ3v) is 4.22. The summed E-state index contributed by atoms with van der Waals surface area (Å²) in [6, 6.07) is 4.77. The van der Waals surface area contributed by atoms with Gasteiger partial charge in [-0.15, -0.1) is 0 Å². The Kier molecular flexibility index (Phi) is 3.74. The highest BCUT2D eigenvalue weighted by Gasteiger charge is 2.24. The molecule has 1 aliphatic rings. The minimum atomic E-state index is -3.63. The van der Waals surface area contributed by atoms with Gasteiger partial charge in [0, 0.05) is 13.1 Å². The summed E-state index contributed by atoms with van der Waals surface area (Å²) in [6.45, 7) is 3.25. The Morgan fingerprint density at radius 3 is 2.67 bits per heavy atom. The van der Waals surface area contributed by atoms with Gasteiger partial charge in [-0.3, -0.25) is 4.72 Å². The SMILES string of the molecule is Cc1ccc(O)c(NS(=O)(=O)N2CCOCC2)c1. The van der Waals surface area contributed by atoms with Crippen molar-refractivity contribution in [2.45, 2.75) is 6.92 Å². The monoisotopic (exact) mass is 272 g/mol.